The third-order valence-corrected chi connectivity index (χ3v) is 6.94. The smallest absolute Gasteiger partial charge is 0.289 e. The number of nitrogens with zero attached hydrogens (tertiary/aromatic N) is 2. The van der Waals surface area contributed by atoms with Crippen LogP contribution in [0.2, 0.25) is 0 Å². The molecule has 4 aromatic rings. The van der Waals surface area contributed by atoms with Gasteiger partial charge >= 0.3 is 0 Å². The zero-order valence-corrected chi connectivity index (χ0v) is 18.6. The summed E-state index contributed by atoms with van der Waals surface area (Å²) in [4.78, 5) is 19.5. The van der Waals surface area contributed by atoms with Crippen LogP contribution in [-0.4, -0.2) is 42.1 Å². The SMILES string of the molecule is COc1cccc2cc(C(=O)N3CCC(Oc4nc5c(C)ccc(C)c5s4)CC3)oc12. The van der Waals surface area contributed by atoms with E-state index in [1.54, 1.807) is 24.5 Å². The van der Waals surface area contributed by atoms with Gasteiger partial charge in [0.15, 0.2) is 17.1 Å². The van der Waals surface area contributed by atoms with E-state index >= 15 is 0 Å². The minimum absolute atomic E-state index is 0.0565. The Morgan fingerprint density at radius 2 is 1.94 bits per heavy atom. The van der Waals surface area contributed by atoms with Gasteiger partial charge in [0.1, 0.15) is 6.10 Å². The predicted octanol–water partition coefficient (Wildman–Crippen LogP) is 5.35. The molecule has 3 heterocycles. The van der Waals surface area contributed by atoms with Crippen LogP contribution in [0.1, 0.15) is 34.5 Å². The number of amides is 1. The number of benzene rings is 2. The number of fused-ring (bicyclic) bond motifs is 2. The number of carbonyl (C=O) groups excluding carboxylic acids is 1. The number of para-hydroxylation sites is 1. The number of aryl methyl sites for hydroxylation is 2. The Labute approximate surface area is 184 Å². The molecule has 2 aromatic heterocycles. The van der Waals surface area contributed by atoms with Crippen molar-refractivity contribution >= 4 is 38.4 Å². The Bertz CT molecular complexity index is 1230. The molecule has 0 atom stereocenters. The van der Waals surface area contributed by atoms with Crippen LogP contribution in [0.5, 0.6) is 10.9 Å². The van der Waals surface area contributed by atoms with E-state index in [0.717, 1.165) is 29.3 Å². The molecule has 1 fully saturated rings. The molecular formula is C24H24N2O4S. The van der Waals surface area contributed by atoms with Crippen LogP contribution < -0.4 is 9.47 Å². The summed E-state index contributed by atoms with van der Waals surface area (Å²) in [5.74, 6) is 0.879. The van der Waals surface area contributed by atoms with Crippen molar-refractivity contribution in [2.45, 2.75) is 32.8 Å². The summed E-state index contributed by atoms with van der Waals surface area (Å²) in [7, 11) is 1.59. The summed E-state index contributed by atoms with van der Waals surface area (Å²) < 4.78 is 18.5. The molecule has 7 heteroatoms. The second kappa shape index (κ2) is 7.89. The fourth-order valence-corrected chi connectivity index (χ4v) is 5.10. The maximum absolute atomic E-state index is 13.0. The molecule has 31 heavy (non-hydrogen) atoms. The van der Waals surface area contributed by atoms with Crippen LogP contribution in [0, 0.1) is 13.8 Å². The Kier molecular flexibility index (Phi) is 5.06. The molecule has 0 aliphatic carbocycles. The Hall–Kier alpha value is -3.06. The van der Waals surface area contributed by atoms with Gasteiger partial charge in [-0.3, -0.25) is 4.79 Å². The first-order valence-corrected chi connectivity index (χ1v) is 11.2. The molecule has 1 saturated heterocycles. The average molecular weight is 437 g/mol. The number of piperidine rings is 1. The van der Waals surface area contributed by atoms with Crippen molar-refractivity contribution < 1.29 is 18.7 Å². The van der Waals surface area contributed by atoms with Crippen molar-refractivity contribution in [2.24, 2.45) is 0 Å². The van der Waals surface area contributed by atoms with Gasteiger partial charge in [-0.15, -0.1) is 0 Å². The van der Waals surface area contributed by atoms with Crippen molar-refractivity contribution in [2.75, 3.05) is 20.2 Å². The van der Waals surface area contributed by atoms with Crippen LogP contribution in [0.25, 0.3) is 21.2 Å². The molecule has 160 valence electrons. The number of carbonyl (C=O) groups is 1. The third-order valence-electron chi connectivity index (χ3n) is 5.86. The second-order valence-electron chi connectivity index (χ2n) is 7.96. The molecule has 2 aromatic carbocycles. The van der Waals surface area contributed by atoms with E-state index in [2.05, 4.69) is 26.0 Å². The van der Waals surface area contributed by atoms with Crippen molar-refractivity contribution in [3.63, 3.8) is 0 Å². The maximum atomic E-state index is 13.0. The molecule has 1 aliphatic rings. The predicted molar refractivity (Wildman–Crippen MR) is 121 cm³/mol. The van der Waals surface area contributed by atoms with Gasteiger partial charge < -0.3 is 18.8 Å². The fraction of sp³-hybridized carbons (Fsp3) is 0.333. The van der Waals surface area contributed by atoms with E-state index in [9.17, 15) is 4.79 Å². The zero-order valence-electron chi connectivity index (χ0n) is 17.8. The molecule has 1 aliphatic heterocycles. The lowest BCUT2D eigenvalue weighted by atomic mass is 10.1. The minimum Gasteiger partial charge on any atom is -0.493 e. The topological polar surface area (TPSA) is 64.8 Å². The van der Waals surface area contributed by atoms with E-state index in [0.29, 0.717) is 35.4 Å². The average Bonchev–Trinajstić information content (AvgIpc) is 3.41. The molecule has 0 spiro atoms. The lowest BCUT2D eigenvalue weighted by Crippen LogP contribution is -2.41. The van der Waals surface area contributed by atoms with Gasteiger partial charge in [-0.1, -0.05) is 35.6 Å². The number of hydrogen-bond donors (Lipinski definition) is 0. The summed E-state index contributed by atoms with van der Waals surface area (Å²) in [6.07, 6.45) is 1.59. The van der Waals surface area contributed by atoms with Gasteiger partial charge in [0.05, 0.1) is 17.3 Å². The van der Waals surface area contributed by atoms with E-state index in [1.807, 2.05) is 23.1 Å². The molecule has 1 amide bonds. The van der Waals surface area contributed by atoms with Gasteiger partial charge in [-0.2, -0.15) is 0 Å². The van der Waals surface area contributed by atoms with Crippen molar-refractivity contribution in [1.29, 1.82) is 0 Å². The van der Waals surface area contributed by atoms with E-state index < -0.39 is 0 Å². The fourth-order valence-electron chi connectivity index (χ4n) is 4.07. The number of likely N-dealkylation sites (tertiary alicyclic amines) is 1. The van der Waals surface area contributed by atoms with Crippen LogP contribution >= 0.6 is 11.3 Å². The van der Waals surface area contributed by atoms with Crippen LogP contribution in [0.3, 0.4) is 0 Å². The highest BCUT2D eigenvalue weighted by Gasteiger charge is 2.27. The highest BCUT2D eigenvalue weighted by Crippen LogP contribution is 2.34. The number of hydrogen-bond acceptors (Lipinski definition) is 6. The molecule has 0 unspecified atom stereocenters. The van der Waals surface area contributed by atoms with Gasteiger partial charge in [-0.25, -0.2) is 4.98 Å². The number of ether oxygens (including phenoxy) is 2. The first-order valence-electron chi connectivity index (χ1n) is 10.4. The van der Waals surface area contributed by atoms with Crippen molar-refractivity contribution in [1.82, 2.24) is 9.88 Å². The Balaban J connectivity index is 1.26. The maximum Gasteiger partial charge on any atom is 0.289 e. The summed E-state index contributed by atoms with van der Waals surface area (Å²) in [5, 5.41) is 1.57. The van der Waals surface area contributed by atoms with Gasteiger partial charge in [-0.05, 0) is 37.1 Å². The first kappa shape index (κ1) is 19.9. The van der Waals surface area contributed by atoms with Gasteiger partial charge in [0, 0.05) is 31.3 Å². The third kappa shape index (κ3) is 3.63. The van der Waals surface area contributed by atoms with E-state index in [4.69, 9.17) is 18.9 Å². The lowest BCUT2D eigenvalue weighted by molar-refractivity contribution is 0.0568. The number of thiazole rings is 1. The second-order valence-corrected chi connectivity index (χ2v) is 8.92. The Morgan fingerprint density at radius 1 is 1.16 bits per heavy atom. The normalized spacial score (nSPS) is 15.0. The van der Waals surface area contributed by atoms with Crippen LogP contribution in [0.15, 0.2) is 40.8 Å². The molecule has 5 rings (SSSR count). The minimum atomic E-state index is -0.0945. The summed E-state index contributed by atoms with van der Waals surface area (Å²) in [6, 6.07) is 11.6. The molecule has 0 bridgehead atoms. The highest BCUT2D eigenvalue weighted by molar-refractivity contribution is 7.20. The van der Waals surface area contributed by atoms with E-state index in [1.165, 1.54) is 10.3 Å². The summed E-state index contributed by atoms with van der Waals surface area (Å²) in [6.45, 7) is 5.42. The van der Waals surface area contributed by atoms with Gasteiger partial charge in [0.25, 0.3) is 11.1 Å². The number of methoxy groups -OCH3 is 1. The number of rotatable bonds is 4. The Morgan fingerprint density at radius 3 is 2.68 bits per heavy atom. The molecule has 0 N–H and O–H groups in total. The largest absolute Gasteiger partial charge is 0.493 e. The number of aromatic nitrogens is 1. The quantitative estimate of drug-likeness (QED) is 0.431. The zero-order chi connectivity index (χ0) is 21.5. The molecule has 0 saturated carbocycles. The van der Waals surface area contributed by atoms with Crippen molar-refractivity contribution in [3.8, 4) is 10.9 Å². The first-order chi connectivity index (χ1) is 15.0. The molecule has 6 nitrogen and oxygen atoms in total. The highest BCUT2D eigenvalue weighted by atomic mass is 32.1. The molecule has 0 radical (unpaired) electrons. The number of furan rings is 1. The molecular weight excluding hydrogens is 412 g/mol. The van der Waals surface area contributed by atoms with Crippen LogP contribution in [-0.2, 0) is 0 Å². The summed E-state index contributed by atoms with van der Waals surface area (Å²) >= 11 is 1.60. The van der Waals surface area contributed by atoms with E-state index in [-0.39, 0.29) is 12.0 Å². The summed E-state index contributed by atoms with van der Waals surface area (Å²) in [5.41, 5.74) is 4.01. The van der Waals surface area contributed by atoms with Gasteiger partial charge in [0.2, 0.25) is 0 Å². The standard InChI is InChI=1S/C24H24N2O4S/c1-14-7-8-15(2)22-20(14)25-24(31-22)29-17-9-11-26(12-10-17)23(27)19-13-16-5-4-6-18(28-3)21(16)30-19/h4-8,13,17H,9-12H2,1-3H3. The van der Waals surface area contributed by atoms with Crippen molar-refractivity contribution in [3.05, 3.63) is 53.3 Å². The van der Waals surface area contributed by atoms with Crippen LogP contribution in [0.4, 0.5) is 0 Å². The lowest BCUT2D eigenvalue weighted by Gasteiger charge is -2.31. The monoisotopic (exact) mass is 436 g/mol.